The molecule has 0 unspecified atom stereocenters. The molecule has 0 saturated carbocycles. The number of hydrogen-bond donors (Lipinski definition) is 1. The van der Waals surface area contributed by atoms with Crippen LogP contribution in [0.25, 0.3) is 0 Å². The summed E-state index contributed by atoms with van der Waals surface area (Å²) >= 11 is 18.0. The summed E-state index contributed by atoms with van der Waals surface area (Å²) in [6.07, 6.45) is 0. The molecule has 0 atom stereocenters. The number of anilines is 1. The summed E-state index contributed by atoms with van der Waals surface area (Å²) in [5, 5.41) is 5.21. The third-order valence-electron chi connectivity index (χ3n) is 2.62. The molecule has 2 aromatic rings. The van der Waals surface area contributed by atoms with E-state index < -0.39 is 0 Å². The van der Waals surface area contributed by atoms with Crippen molar-refractivity contribution in [2.24, 2.45) is 5.10 Å². The van der Waals surface area contributed by atoms with Gasteiger partial charge in [0.2, 0.25) is 0 Å². The van der Waals surface area contributed by atoms with Gasteiger partial charge < -0.3 is 0 Å². The van der Waals surface area contributed by atoms with Crippen molar-refractivity contribution in [3.05, 3.63) is 62.8 Å². The van der Waals surface area contributed by atoms with E-state index in [0.29, 0.717) is 32.0 Å². The lowest BCUT2D eigenvalue weighted by Gasteiger charge is -2.07. The van der Waals surface area contributed by atoms with Crippen molar-refractivity contribution in [1.82, 2.24) is 0 Å². The van der Waals surface area contributed by atoms with Gasteiger partial charge in [0, 0.05) is 5.56 Å². The van der Waals surface area contributed by atoms with Gasteiger partial charge in [0.05, 0.1) is 26.5 Å². The lowest BCUT2D eigenvalue weighted by molar-refractivity contribution is 0.628. The average Bonchev–Trinajstić information content (AvgIpc) is 2.44. The maximum atomic E-state index is 12.8. The topological polar surface area (TPSA) is 24.4 Å². The SMILES string of the molecule is C/C(=N/Nc1ccc(F)cc1)c1ccc(Cl)c(Cl)c1Cl. The number of benzene rings is 2. The fraction of sp³-hybridized carbons (Fsp3) is 0.0714. The highest BCUT2D eigenvalue weighted by Gasteiger charge is 2.10. The molecule has 0 aromatic heterocycles. The normalized spacial score (nSPS) is 11.6. The fourth-order valence-electron chi connectivity index (χ4n) is 1.54. The minimum atomic E-state index is -0.302. The van der Waals surface area contributed by atoms with E-state index in [2.05, 4.69) is 10.5 Å². The quantitative estimate of drug-likeness (QED) is 0.440. The molecule has 104 valence electrons. The predicted molar refractivity (Wildman–Crippen MR) is 83.7 cm³/mol. The summed E-state index contributed by atoms with van der Waals surface area (Å²) in [4.78, 5) is 0. The molecule has 0 saturated heterocycles. The van der Waals surface area contributed by atoms with Crippen LogP contribution in [-0.2, 0) is 0 Å². The summed E-state index contributed by atoms with van der Waals surface area (Å²) in [5.41, 5.74) is 4.80. The van der Waals surface area contributed by atoms with Gasteiger partial charge in [-0.2, -0.15) is 5.10 Å². The van der Waals surface area contributed by atoms with E-state index in [1.54, 1.807) is 31.2 Å². The minimum absolute atomic E-state index is 0.294. The molecule has 0 spiro atoms. The first-order chi connectivity index (χ1) is 9.49. The molecule has 6 heteroatoms. The Morgan fingerprint density at radius 2 is 1.65 bits per heavy atom. The molecule has 0 aliphatic heterocycles. The molecule has 0 bridgehead atoms. The fourth-order valence-corrected chi connectivity index (χ4v) is 2.21. The third-order valence-corrected chi connectivity index (χ3v) is 3.92. The molecule has 2 nitrogen and oxygen atoms in total. The Hall–Kier alpha value is -1.29. The average molecular weight is 332 g/mol. The van der Waals surface area contributed by atoms with Crippen LogP contribution < -0.4 is 5.43 Å². The number of rotatable bonds is 3. The first-order valence-corrected chi connectivity index (χ1v) is 6.82. The second-order valence-corrected chi connectivity index (χ2v) is 5.20. The summed E-state index contributed by atoms with van der Waals surface area (Å²) in [5.74, 6) is -0.302. The Labute approximate surface area is 131 Å². The van der Waals surface area contributed by atoms with E-state index in [-0.39, 0.29) is 5.82 Å². The molecule has 0 aliphatic carbocycles. The first-order valence-electron chi connectivity index (χ1n) is 5.69. The molecular formula is C14H10Cl3FN2. The van der Waals surface area contributed by atoms with Crippen molar-refractivity contribution in [3.8, 4) is 0 Å². The molecule has 0 radical (unpaired) electrons. The van der Waals surface area contributed by atoms with Crippen LogP contribution in [-0.4, -0.2) is 5.71 Å². The minimum Gasteiger partial charge on any atom is -0.278 e. The van der Waals surface area contributed by atoms with Gasteiger partial charge in [0.25, 0.3) is 0 Å². The van der Waals surface area contributed by atoms with Crippen molar-refractivity contribution >= 4 is 46.2 Å². The van der Waals surface area contributed by atoms with Crippen LogP contribution in [0.5, 0.6) is 0 Å². The van der Waals surface area contributed by atoms with E-state index in [1.165, 1.54) is 12.1 Å². The maximum Gasteiger partial charge on any atom is 0.123 e. The molecule has 0 heterocycles. The summed E-state index contributed by atoms with van der Waals surface area (Å²) in [6, 6.07) is 9.26. The number of hydrogen-bond acceptors (Lipinski definition) is 2. The lowest BCUT2D eigenvalue weighted by Crippen LogP contribution is -2.01. The second-order valence-electron chi connectivity index (χ2n) is 4.04. The largest absolute Gasteiger partial charge is 0.278 e. The van der Waals surface area contributed by atoms with Crippen LogP contribution in [0, 0.1) is 5.82 Å². The van der Waals surface area contributed by atoms with Crippen molar-refractivity contribution in [2.75, 3.05) is 5.43 Å². The van der Waals surface area contributed by atoms with Crippen LogP contribution in [0.3, 0.4) is 0 Å². The number of hydrazone groups is 1. The summed E-state index contributed by atoms with van der Waals surface area (Å²) < 4.78 is 12.8. The Morgan fingerprint density at radius 1 is 1.00 bits per heavy atom. The first kappa shape index (κ1) is 15.1. The van der Waals surface area contributed by atoms with Crippen LogP contribution in [0.4, 0.5) is 10.1 Å². The Bertz CT molecular complexity index is 654. The molecule has 0 fully saturated rings. The van der Waals surface area contributed by atoms with Crippen molar-refractivity contribution < 1.29 is 4.39 Å². The van der Waals surface area contributed by atoms with Gasteiger partial charge in [-0.3, -0.25) is 5.43 Å². The molecule has 1 N–H and O–H groups in total. The zero-order valence-electron chi connectivity index (χ0n) is 10.4. The Kier molecular flexibility index (Phi) is 4.86. The highest BCUT2D eigenvalue weighted by Crippen LogP contribution is 2.32. The van der Waals surface area contributed by atoms with E-state index in [9.17, 15) is 4.39 Å². The standard InChI is InChI=1S/C14H10Cl3FN2/c1-8(11-6-7-12(15)14(17)13(11)16)19-20-10-4-2-9(18)3-5-10/h2-7,20H,1H3/b19-8-. The van der Waals surface area contributed by atoms with E-state index in [1.807, 2.05) is 0 Å². The van der Waals surface area contributed by atoms with Crippen molar-refractivity contribution in [3.63, 3.8) is 0 Å². The van der Waals surface area contributed by atoms with Crippen LogP contribution >= 0.6 is 34.8 Å². The van der Waals surface area contributed by atoms with Crippen molar-refractivity contribution in [1.29, 1.82) is 0 Å². The number of halogens is 4. The molecule has 2 aromatic carbocycles. The third kappa shape index (κ3) is 3.42. The van der Waals surface area contributed by atoms with Gasteiger partial charge in [-0.25, -0.2) is 4.39 Å². The van der Waals surface area contributed by atoms with Gasteiger partial charge in [0.15, 0.2) is 0 Å². The molecular weight excluding hydrogens is 322 g/mol. The maximum absolute atomic E-state index is 12.8. The number of nitrogens with zero attached hydrogens (tertiary/aromatic N) is 1. The summed E-state index contributed by atoms with van der Waals surface area (Å²) in [7, 11) is 0. The van der Waals surface area contributed by atoms with Crippen molar-refractivity contribution in [2.45, 2.75) is 6.92 Å². The smallest absolute Gasteiger partial charge is 0.123 e. The van der Waals surface area contributed by atoms with Crippen LogP contribution in [0.15, 0.2) is 41.5 Å². The van der Waals surface area contributed by atoms with Crippen LogP contribution in [0.1, 0.15) is 12.5 Å². The van der Waals surface area contributed by atoms with Gasteiger partial charge in [-0.1, -0.05) is 40.9 Å². The van der Waals surface area contributed by atoms with Gasteiger partial charge in [-0.15, -0.1) is 0 Å². The highest BCUT2D eigenvalue weighted by atomic mass is 35.5. The highest BCUT2D eigenvalue weighted by molar-refractivity contribution is 6.49. The lowest BCUT2D eigenvalue weighted by atomic mass is 10.1. The molecule has 2 rings (SSSR count). The Balaban J connectivity index is 2.23. The molecule has 0 amide bonds. The van der Waals surface area contributed by atoms with Crippen LogP contribution in [0.2, 0.25) is 15.1 Å². The van der Waals surface area contributed by atoms with Gasteiger partial charge >= 0.3 is 0 Å². The van der Waals surface area contributed by atoms with E-state index >= 15 is 0 Å². The summed E-state index contributed by atoms with van der Waals surface area (Å²) in [6.45, 7) is 1.78. The van der Waals surface area contributed by atoms with E-state index in [0.717, 1.165) is 0 Å². The molecule has 0 aliphatic rings. The zero-order valence-corrected chi connectivity index (χ0v) is 12.7. The zero-order chi connectivity index (χ0) is 14.7. The monoisotopic (exact) mass is 330 g/mol. The Morgan fingerprint density at radius 3 is 2.30 bits per heavy atom. The van der Waals surface area contributed by atoms with E-state index in [4.69, 9.17) is 34.8 Å². The van der Waals surface area contributed by atoms with Gasteiger partial charge in [0.1, 0.15) is 5.82 Å². The second kappa shape index (κ2) is 6.44. The number of nitrogens with one attached hydrogen (secondary N) is 1. The van der Waals surface area contributed by atoms with Gasteiger partial charge in [-0.05, 0) is 37.3 Å². The predicted octanol–water partition coefficient (Wildman–Crippen LogP) is 5.62. The molecule has 20 heavy (non-hydrogen) atoms.